The van der Waals surface area contributed by atoms with Crippen LogP contribution in [0.1, 0.15) is 11.3 Å². The SMILES string of the molecule is Cc1ccc(-c2ccc(C(F)(F)F)cc2N)cn1. The second-order valence-corrected chi connectivity index (χ2v) is 3.99. The first-order valence-corrected chi connectivity index (χ1v) is 5.27. The van der Waals surface area contributed by atoms with Crippen LogP contribution in [0.5, 0.6) is 0 Å². The molecule has 1 heterocycles. The fraction of sp³-hybridized carbons (Fsp3) is 0.154. The topological polar surface area (TPSA) is 38.9 Å². The van der Waals surface area contributed by atoms with Gasteiger partial charge in [-0.3, -0.25) is 4.98 Å². The summed E-state index contributed by atoms with van der Waals surface area (Å²) in [5, 5.41) is 0. The monoisotopic (exact) mass is 252 g/mol. The van der Waals surface area contributed by atoms with Crippen molar-refractivity contribution in [1.82, 2.24) is 4.98 Å². The van der Waals surface area contributed by atoms with Gasteiger partial charge in [0.2, 0.25) is 0 Å². The Kier molecular flexibility index (Phi) is 2.98. The molecule has 1 aromatic heterocycles. The normalized spacial score (nSPS) is 11.6. The molecule has 0 bridgehead atoms. The minimum Gasteiger partial charge on any atom is -0.398 e. The predicted molar refractivity (Wildman–Crippen MR) is 63.8 cm³/mol. The minimum atomic E-state index is -4.38. The maximum Gasteiger partial charge on any atom is 0.416 e. The highest BCUT2D eigenvalue weighted by molar-refractivity contribution is 5.76. The van der Waals surface area contributed by atoms with Crippen LogP contribution in [-0.2, 0) is 6.18 Å². The molecule has 0 unspecified atom stereocenters. The van der Waals surface area contributed by atoms with Crippen LogP contribution in [0.15, 0.2) is 36.5 Å². The Morgan fingerprint density at radius 1 is 1.11 bits per heavy atom. The number of anilines is 1. The van der Waals surface area contributed by atoms with E-state index < -0.39 is 11.7 Å². The molecule has 5 heteroatoms. The summed E-state index contributed by atoms with van der Waals surface area (Å²) in [6, 6.07) is 6.89. The fourth-order valence-electron chi connectivity index (χ4n) is 1.63. The first-order chi connectivity index (χ1) is 8.38. The Morgan fingerprint density at radius 2 is 1.83 bits per heavy atom. The summed E-state index contributed by atoms with van der Waals surface area (Å²) >= 11 is 0. The second kappa shape index (κ2) is 4.33. The van der Waals surface area contributed by atoms with Crippen LogP contribution in [0.4, 0.5) is 18.9 Å². The van der Waals surface area contributed by atoms with Crippen molar-refractivity contribution in [3.8, 4) is 11.1 Å². The molecule has 0 radical (unpaired) electrons. The van der Waals surface area contributed by atoms with E-state index in [4.69, 9.17) is 5.73 Å². The van der Waals surface area contributed by atoms with E-state index in [9.17, 15) is 13.2 Å². The van der Waals surface area contributed by atoms with E-state index in [0.717, 1.165) is 17.8 Å². The number of halogens is 3. The summed E-state index contributed by atoms with van der Waals surface area (Å²) in [7, 11) is 0. The van der Waals surface area contributed by atoms with Crippen LogP contribution >= 0.6 is 0 Å². The third-order valence-corrected chi connectivity index (χ3v) is 2.60. The number of hydrogen-bond acceptors (Lipinski definition) is 2. The van der Waals surface area contributed by atoms with Gasteiger partial charge < -0.3 is 5.73 Å². The molecule has 18 heavy (non-hydrogen) atoms. The molecular formula is C13H11F3N2. The van der Waals surface area contributed by atoms with Crippen LogP contribution in [0, 0.1) is 6.92 Å². The van der Waals surface area contributed by atoms with E-state index in [1.807, 2.05) is 6.92 Å². The first-order valence-electron chi connectivity index (χ1n) is 5.27. The highest BCUT2D eigenvalue weighted by Crippen LogP contribution is 2.34. The summed E-state index contributed by atoms with van der Waals surface area (Å²) in [5.41, 5.74) is 7.10. The van der Waals surface area contributed by atoms with Gasteiger partial charge in [-0.05, 0) is 25.1 Å². The molecule has 0 aliphatic rings. The Morgan fingerprint density at radius 3 is 2.33 bits per heavy atom. The Balaban J connectivity index is 2.45. The summed E-state index contributed by atoms with van der Waals surface area (Å²) < 4.78 is 37.5. The Bertz CT molecular complexity index is 559. The minimum absolute atomic E-state index is 0.0930. The van der Waals surface area contributed by atoms with Crippen molar-refractivity contribution in [2.75, 3.05) is 5.73 Å². The molecule has 2 N–H and O–H groups in total. The van der Waals surface area contributed by atoms with Gasteiger partial charge in [0.15, 0.2) is 0 Å². The zero-order valence-electron chi connectivity index (χ0n) is 9.62. The van der Waals surface area contributed by atoms with Gasteiger partial charge in [-0.15, -0.1) is 0 Å². The van der Waals surface area contributed by atoms with Gasteiger partial charge in [-0.2, -0.15) is 13.2 Å². The smallest absolute Gasteiger partial charge is 0.398 e. The Hall–Kier alpha value is -2.04. The predicted octanol–water partition coefficient (Wildman–Crippen LogP) is 3.66. The Labute approximate surface area is 102 Å². The molecule has 2 nitrogen and oxygen atoms in total. The third-order valence-electron chi connectivity index (χ3n) is 2.60. The highest BCUT2D eigenvalue weighted by Gasteiger charge is 2.30. The lowest BCUT2D eigenvalue weighted by Gasteiger charge is -2.10. The van der Waals surface area contributed by atoms with Crippen molar-refractivity contribution < 1.29 is 13.2 Å². The van der Waals surface area contributed by atoms with E-state index in [-0.39, 0.29) is 5.69 Å². The van der Waals surface area contributed by atoms with Crippen molar-refractivity contribution >= 4 is 5.69 Å². The van der Waals surface area contributed by atoms with E-state index in [2.05, 4.69) is 4.98 Å². The summed E-state index contributed by atoms with van der Waals surface area (Å²) in [4.78, 5) is 4.09. The van der Waals surface area contributed by atoms with Crippen LogP contribution in [0.3, 0.4) is 0 Å². The molecule has 0 atom stereocenters. The summed E-state index contributed by atoms with van der Waals surface area (Å²) in [6.07, 6.45) is -2.79. The van der Waals surface area contributed by atoms with E-state index in [0.29, 0.717) is 11.1 Å². The number of hydrogen-bond donors (Lipinski definition) is 1. The van der Waals surface area contributed by atoms with Crippen LogP contribution < -0.4 is 5.73 Å². The maximum atomic E-state index is 12.5. The van der Waals surface area contributed by atoms with Crippen molar-refractivity contribution in [3.05, 3.63) is 47.8 Å². The van der Waals surface area contributed by atoms with Gasteiger partial charge in [0.1, 0.15) is 0 Å². The largest absolute Gasteiger partial charge is 0.416 e. The number of aromatic nitrogens is 1. The first kappa shape index (κ1) is 12.4. The number of alkyl halides is 3. The zero-order valence-corrected chi connectivity index (χ0v) is 9.62. The van der Waals surface area contributed by atoms with E-state index >= 15 is 0 Å². The van der Waals surface area contributed by atoms with Crippen molar-refractivity contribution in [2.24, 2.45) is 0 Å². The number of aryl methyl sites for hydroxylation is 1. The molecular weight excluding hydrogens is 241 g/mol. The van der Waals surface area contributed by atoms with Crippen molar-refractivity contribution in [2.45, 2.75) is 13.1 Å². The van der Waals surface area contributed by atoms with Crippen molar-refractivity contribution in [3.63, 3.8) is 0 Å². The molecule has 0 saturated heterocycles. The van der Waals surface area contributed by atoms with Gasteiger partial charge in [0.05, 0.1) is 5.56 Å². The molecule has 0 saturated carbocycles. The molecule has 0 spiro atoms. The van der Waals surface area contributed by atoms with Crippen LogP contribution in [0.25, 0.3) is 11.1 Å². The quantitative estimate of drug-likeness (QED) is 0.786. The molecule has 0 amide bonds. The lowest BCUT2D eigenvalue weighted by atomic mass is 10.0. The van der Waals surface area contributed by atoms with Crippen LogP contribution in [-0.4, -0.2) is 4.98 Å². The summed E-state index contributed by atoms with van der Waals surface area (Å²) in [6.45, 7) is 1.83. The zero-order chi connectivity index (χ0) is 13.3. The van der Waals surface area contributed by atoms with E-state index in [1.165, 1.54) is 6.07 Å². The molecule has 0 aliphatic heterocycles. The number of rotatable bonds is 1. The standard InChI is InChI=1S/C13H11F3N2/c1-8-2-3-9(7-18-8)11-5-4-10(6-12(11)17)13(14,15)16/h2-7H,17H2,1H3. The van der Waals surface area contributed by atoms with Gasteiger partial charge in [-0.1, -0.05) is 12.1 Å². The number of nitrogens with zero attached hydrogens (tertiary/aromatic N) is 1. The van der Waals surface area contributed by atoms with E-state index in [1.54, 1.807) is 18.3 Å². The number of pyridine rings is 1. The molecule has 2 rings (SSSR count). The van der Waals surface area contributed by atoms with Crippen molar-refractivity contribution in [1.29, 1.82) is 0 Å². The lowest BCUT2D eigenvalue weighted by molar-refractivity contribution is -0.137. The van der Waals surface area contributed by atoms with Gasteiger partial charge in [0.25, 0.3) is 0 Å². The molecule has 2 aromatic rings. The number of nitrogens with two attached hydrogens (primary N) is 1. The molecule has 0 fully saturated rings. The lowest BCUT2D eigenvalue weighted by Crippen LogP contribution is -2.06. The maximum absolute atomic E-state index is 12.5. The van der Waals surface area contributed by atoms with Gasteiger partial charge >= 0.3 is 6.18 Å². The molecule has 94 valence electrons. The van der Waals surface area contributed by atoms with Gasteiger partial charge in [0, 0.05) is 28.7 Å². The molecule has 1 aromatic carbocycles. The summed E-state index contributed by atoms with van der Waals surface area (Å²) in [5.74, 6) is 0. The van der Waals surface area contributed by atoms with Crippen LogP contribution in [0.2, 0.25) is 0 Å². The average Bonchev–Trinajstić information content (AvgIpc) is 2.29. The average molecular weight is 252 g/mol. The third kappa shape index (κ3) is 2.45. The van der Waals surface area contributed by atoms with Gasteiger partial charge in [-0.25, -0.2) is 0 Å². The molecule has 0 aliphatic carbocycles. The number of benzene rings is 1. The second-order valence-electron chi connectivity index (χ2n) is 3.99. The number of nitrogen functional groups attached to an aromatic ring is 1. The fourth-order valence-corrected chi connectivity index (χ4v) is 1.63. The highest BCUT2D eigenvalue weighted by atomic mass is 19.4.